The number of carbonyl (C=O) groups excluding carboxylic acids is 1. The van der Waals surface area contributed by atoms with Gasteiger partial charge in [-0.1, -0.05) is 12.1 Å². The van der Waals surface area contributed by atoms with Crippen LogP contribution in [0.25, 0.3) is 11.0 Å². The summed E-state index contributed by atoms with van der Waals surface area (Å²) in [5, 5.41) is 10.4. The number of fused-ring (bicyclic) bond motifs is 2. The van der Waals surface area contributed by atoms with E-state index in [1.165, 1.54) is 0 Å². The number of phenols is 1. The van der Waals surface area contributed by atoms with Gasteiger partial charge in [-0.2, -0.15) is 0 Å². The van der Waals surface area contributed by atoms with E-state index in [0.717, 1.165) is 11.1 Å². The number of benzene rings is 2. The Morgan fingerprint density at radius 3 is 2.62 bits per heavy atom. The van der Waals surface area contributed by atoms with E-state index in [-0.39, 0.29) is 22.8 Å². The van der Waals surface area contributed by atoms with Crippen molar-refractivity contribution >= 4 is 16.9 Å². The number of aryl methyl sites for hydroxylation is 2. The molecule has 2 aromatic carbocycles. The van der Waals surface area contributed by atoms with Crippen molar-refractivity contribution in [2.45, 2.75) is 26.3 Å². The molecule has 6 nitrogen and oxygen atoms in total. The van der Waals surface area contributed by atoms with Crippen LogP contribution < -0.4 is 5.43 Å². The van der Waals surface area contributed by atoms with Crippen molar-refractivity contribution < 1.29 is 19.1 Å². The molecule has 6 heteroatoms. The van der Waals surface area contributed by atoms with Gasteiger partial charge in [0.15, 0.2) is 5.43 Å². The molecule has 1 aliphatic rings. The molecule has 0 saturated heterocycles. The molecule has 1 N–H and O–H groups in total. The fraction of sp³-hybridized carbons (Fsp3) is 0.304. The topological polar surface area (TPSA) is 80.0 Å². The quantitative estimate of drug-likeness (QED) is 0.669. The summed E-state index contributed by atoms with van der Waals surface area (Å²) in [4.78, 5) is 28.3. The maximum atomic E-state index is 13.4. The van der Waals surface area contributed by atoms with Gasteiger partial charge in [-0.25, -0.2) is 0 Å². The number of ether oxygens (including phenoxy) is 1. The molecule has 1 aliphatic heterocycles. The van der Waals surface area contributed by atoms with E-state index >= 15 is 0 Å². The average molecular weight is 393 g/mol. The lowest BCUT2D eigenvalue weighted by atomic mass is 9.97. The maximum absolute atomic E-state index is 13.4. The van der Waals surface area contributed by atoms with Crippen molar-refractivity contribution in [3.05, 3.63) is 74.6 Å². The lowest BCUT2D eigenvalue weighted by molar-refractivity contribution is 0.0707. The summed E-state index contributed by atoms with van der Waals surface area (Å²) in [5.74, 6) is -0.157. The highest BCUT2D eigenvalue weighted by molar-refractivity contribution is 5.99. The summed E-state index contributed by atoms with van der Waals surface area (Å²) in [6.07, 6.45) is 0.622. The first-order valence-electron chi connectivity index (χ1n) is 9.59. The third-order valence-electron chi connectivity index (χ3n) is 5.52. The van der Waals surface area contributed by atoms with E-state index in [4.69, 9.17) is 9.15 Å². The predicted octanol–water partition coefficient (Wildman–Crippen LogP) is 3.70. The Bertz CT molecular complexity index is 1160. The first-order valence-corrected chi connectivity index (χ1v) is 9.59. The minimum absolute atomic E-state index is 0.0801. The maximum Gasteiger partial charge on any atom is 0.290 e. The van der Waals surface area contributed by atoms with E-state index in [1.54, 1.807) is 42.3 Å². The highest BCUT2D eigenvalue weighted by Gasteiger charge is 2.42. The summed E-state index contributed by atoms with van der Waals surface area (Å²) in [6.45, 7) is 4.78. The van der Waals surface area contributed by atoms with Crippen molar-refractivity contribution in [3.63, 3.8) is 0 Å². The Labute approximate surface area is 168 Å². The number of hydrogen-bond acceptors (Lipinski definition) is 5. The number of amides is 1. The summed E-state index contributed by atoms with van der Waals surface area (Å²) in [6, 6.07) is 9.66. The van der Waals surface area contributed by atoms with E-state index in [0.29, 0.717) is 41.7 Å². The number of nitrogens with zero attached hydrogens (tertiary/aromatic N) is 1. The molecule has 0 aliphatic carbocycles. The van der Waals surface area contributed by atoms with E-state index < -0.39 is 6.04 Å². The molecule has 0 fully saturated rings. The zero-order valence-corrected chi connectivity index (χ0v) is 16.7. The second-order valence-corrected chi connectivity index (χ2v) is 7.45. The van der Waals surface area contributed by atoms with E-state index in [1.807, 2.05) is 19.9 Å². The average Bonchev–Trinajstić information content (AvgIpc) is 2.96. The van der Waals surface area contributed by atoms with Crippen LogP contribution in [0.4, 0.5) is 0 Å². The van der Waals surface area contributed by atoms with E-state index in [2.05, 4.69) is 0 Å². The SMILES string of the molecule is COCCCN1C(=O)c2oc3cc(C)c(C)cc3c(=O)c2C1c1cccc(O)c1. The number of hydrogen-bond donors (Lipinski definition) is 1. The Morgan fingerprint density at radius 2 is 1.90 bits per heavy atom. The van der Waals surface area contributed by atoms with Crippen LogP contribution in [-0.2, 0) is 4.74 Å². The summed E-state index contributed by atoms with van der Waals surface area (Å²) in [5.41, 5.74) is 3.19. The minimum Gasteiger partial charge on any atom is -0.508 e. The van der Waals surface area contributed by atoms with Gasteiger partial charge >= 0.3 is 0 Å². The molecular weight excluding hydrogens is 370 g/mol. The van der Waals surface area contributed by atoms with Crippen LogP contribution in [0.15, 0.2) is 45.6 Å². The zero-order chi connectivity index (χ0) is 20.7. The second-order valence-electron chi connectivity index (χ2n) is 7.45. The van der Waals surface area contributed by atoms with Gasteiger partial charge in [-0.15, -0.1) is 0 Å². The smallest absolute Gasteiger partial charge is 0.290 e. The molecular formula is C23H23NO5. The molecule has 2 heterocycles. The van der Waals surface area contributed by atoms with Gasteiger partial charge in [0.25, 0.3) is 5.91 Å². The van der Waals surface area contributed by atoms with Crippen LogP contribution in [0, 0.1) is 13.8 Å². The highest BCUT2D eigenvalue weighted by atomic mass is 16.5. The molecule has 1 atom stereocenters. The Morgan fingerprint density at radius 1 is 1.14 bits per heavy atom. The van der Waals surface area contributed by atoms with Gasteiger partial charge in [0, 0.05) is 20.3 Å². The minimum atomic E-state index is -0.608. The van der Waals surface area contributed by atoms with Crippen LogP contribution in [0.1, 0.15) is 45.3 Å². The first kappa shape index (κ1) is 19.2. The highest BCUT2D eigenvalue weighted by Crippen LogP contribution is 2.39. The number of rotatable bonds is 5. The van der Waals surface area contributed by atoms with Crippen molar-refractivity contribution in [3.8, 4) is 5.75 Å². The van der Waals surface area contributed by atoms with Crippen molar-refractivity contribution in [1.29, 1.82) is 0 Å². The third kappa shape index (κ3) is 3.19. The molecule has 0 saturated carbocycles. The first-order chi connectivity index (χ1) is 13.9. The molecule has 1 aromatic heterocycles. The fourth-order valence-corrected chi connectivity index (χ4v) is 3.93. The zero-order valence-electron chi connectivity index (χ0n) is 16.7. The van der Waals surface area contributed by atoms with E-state index in [9.17, 15) is 14.7 Å². The van der Waals surface area contributed by atoms with Crippen LogP contribution in [-0.4, -0.2) is 36.2 Å². The number of methoxy groups -OCH3 is 1. The summed E-state index contributed by atoms with van der Waals surface area (Å²) >= 11 is 0. The fourth-order valence-electron chi connectivity index (χ4n) is 3.93. The molecule has 0 bridgehead atoms. The standard InChI is InChI=1S/C23H23NO5/c1-13-10-17-18(11-14(13)2)29-22-19(21(17)26)20(15-6-4-7-16(25)12-15)24(23(22)27)8-5-9-28-3/h4,6-7,10-12,20,25H,5,8-9H2,1-3H3. The lowest BCUT2D eigenvalue weighted by Crippen LogP contribution is -2.31. The van der Waals surface area contributed by atoms with Crippen LogP contribution in [0.2, 0.25) is 0 Å². The number of phenolic OH excluding ortho intramolecular Hbond substituents is 1. The Kier molecular flexibility index (Phi) is 4.88. The largest absolute Gasteiger partial charge is 0.508 e. The van der Waals surface area contributed by atoms with Crippen molar-refractivity contribution in [1.82, 2.24) is 4.90 Å². The van der Waals surface area contributed by atoms with Gasteiger partial charge < -0.3 is 19.2 Å². The molecule has 3 aromatic rings. The van der Waals surface area contributed by atoms with Crippen molar-refractivity contribution in [2.24, 2.45) is 0 Å². The molecule has 4 rings (SSSR count). The summed E-state index contributed by atoms with van der Waals surface area (Å²) < 4.78 is 11.1. The van der Waals surface area contributed by atoms with Crippen molar-refractivity contribution in [2.75, 3.05) is 20.3 Å². The number of aromatic hydroxyl groups is 1. The Balaban J connectivity index is 1.95. The normalized spacial score (nSPS) is 15.9. The molecule has 1 amide bonds. The second kappa shape index (κ2) is 7.37. The summed E-state index contributed by atoms with van der Waals surface area (Å²) in [7, 11) is 1.61. The van der Waals surface area contributed by atoms with Gasteiger partial charge in [0.05, 0.1) is 17.0 Å². The van der Waals surface area contributed by atoms with Gasteiger partial charge in [-0.3, -0.25) is 9.59 Å². The molecule has 0 radical (unpaired) electrons. The molecule has 1 unspecified atom stereocenters. The van der Waals surface area contributed by atoms with Gasteiger partial charge in [0.1, 0.15) is 11.3 Å². The Hall–Kier alpha value is -3.12. The van der Waals surface area contributed by atoms with Crippen LogP contribution >= 0.6 is 0 Å². The number of carbonyl (C=O) groups is 1. The third-order valence-corrected chi connectivity index (χ3v) is 5.52. The van der Waals surface area contributed by atoms with Crippen LogP contribution in [0.5, 0.6) is 5.75 Å². The van der Waals surface area contributed by atoms with Gasteiger partial charge in [-0.05, 0) is 61.2 Å². The monoisotopic (exact) mass is 393 g/mol. The molecule has 150 valence electrons. The van der Waals surface area contributed by atoms with Crippen LogP contribution in [0.3, 0.4) is 0 Å². The van der Waals surface area contributed by atoms with Gasteiger partial charge in [0.2, 0.25) is 5.76 Å². The lowest BCUT2D eigenvalue weighted by Gasteiger charge is -2.25. The predicted molar refractivity (Wildman–Crippen MR) is 109 cm³/mol. The molecule has 29 heavy (non-hydrogen) atoms. The molecule has 0 spiro atoms.